The highest BCUT2D eigenvalue weighted by atomic mass is 15.2. The molecule has 2 aliphatic heterocycles. The van der Waals surface area contributed by atoms with Crippen molar-refractivity contribution in [3.8, 4) is 0 Å². The van der Waals surface area contributed by atoms with Crippen LogP contribution in [0.1, 0.15) is 19.3 Å². The predicted molar refractivity (Wildman–Crippen MR) is 46.6 cm³/mol. The lowest BCUT2D eigenvalue weighted by atomic mass is 9.82. The molecule has 1 N–H and O–H groups in total. The normalized spacial score (nSPS) is 40.1. The van der Waals surface area contributed by atoms with Crippen molar-refractivity contribution in [2.24, 2.45) is 5.92 Å². The smallest absolute Gasteiger partial charge is 0.0134 e. The summed E-state index contributed by atoms with van der Waals surface area (Å²) in [5, 5.41) is 3.47. The Balaban J connectivity index is 1.87. The molecule has 2 fully saturated rings. The second kappa shape index (κ2) is 3.11. The molecule has 2 saturated heterocycles. The summed E-state index contributed by atoms with van der Waals surface area (Å²) in [4.78, 5) is 2.51. The fraction of sp³-hybridized carbons (Fsp3) is 1.00. The van der Waals surface area contributed by atoms with Crippen LogP contribution in [0.2, 0.25) is 0 Å². The first-order valence-electron chi connectivity index (χ1n) is 4.79. The molecule has 0 aromatic rings. The molecule has 2 aliphatic rings. The van der Waals surface area contributed by atoms with Gasteiger partial charge in [0.25, 0.3) is 0 Å². The van der Waals surface area contributed by atoms with Crippen LogP contribution in [0.25, 0.3) is 0 Å². The van der Waals surface area contributed by atoms with E-state index in [2.05, 4.69) is 17.3 Å². The summed E-state index contributed by atoms with van der Waals surface area (Å²) in [6, 6.07) is 0.928. The van der Waals surface area contributed by atoms with Crippen LogP contribution in [0.3, 0.4) is 0 Å². The van der Waals surface area contributed by atoms with Crippen LogP contribution in [0.15, 0.2) is 0 Å². The van der Waals surface area contributed by atoms with E-state index in [1.807, 2.05) is 0 Å². The minimum Gasteiger partial charge on any atom is -0.317 e. The third-order valence-electron chi connectivity index (χ3n) is 3.18. The van der Waals surface area contributed by atoms with Gasteiger partial charge in [0.15, 0.2) is 0 Å². The lowest BCUT2D eigenvalue weighted by Crippen LogP contribution is -2.55. The summed E-state index contributed by atoms with van der Waals surface area (Å²) in [5.74, 6) is 1.01. The van der Waals surface area contributed by atoms with Gasteiger partial charge in [-0.1, -0.05) is 0 Å². The van der Waals surface area contributed by atoms with Gasteiger partial charge in [-0.2, -0.15) is 0 Å². The number of rotatable bonds is 0. The van der Waals surface area contributed by atoms with Crippen molar-refractivity contribution in [2.75, 3.05) is 26.7 Å². The van der Waals surface area contributed by atoms with E-state index in [-0.39, 0.29) is 0 Å². The number of nitrogens with one attached hydrogen (secondary N) is 1. The van der Waals surface area contributed by atoms with Crippen LogP contribution in [-0.4, -0.2) is 37.6 Å². The fourth-order valence-electron chi connectivity index (χ4n) is 2.44. The van der Waals surface area contributed by atoms with Crippen molar-refractivity contribution in [3.63, 3.8) is 0 Å². The summed E-state index contributed by atoms with van der Waals surface area (Å²) >= 11 is 0. The molecule has 64 valence electrons. The maximum Gasteiger partial charge on any atom is 0.0134 e. The lowest BCUT2D eigenvalue weighted by molar-refractivity contribution is 0.0245. The highest BCUT2D eigenvalue weighted by Crippen LogP contribution is 2.29. The fourth-order valence-corrected chi connectivity index (χ4v) is 2.44. The monoisotopic (exact) mass is 154 g/mol. The molecule has 0 radical (unpaired) electrons. The van der Waals surface area contributed by atoms with Gasteiger partial charge >= 0.3 is 0 Å². The summed E-state index contributed by atoms with van der Waals surface area (Å²) < 4.78 is 0. The van der Waals surface area contributed by atoms with E-state index in [0.717, 1.165) is 12.0 Å². The van der Waals surface area contributed by atoms with Crippen molar-refractivity contribution in [2.45, 2.75) is 25.3 Å². The number of hydrogen-bond donors (Lipinski definition) is 1. The zero-order valence-corrected chi connectivity index (χ0v) is 7.34. The number of hydrogen-bond acceptors (Lipinski definition) is 2. The Labute approximate surface area is 69.0 Å². The predicted octanol–water partition coefficient (Wildman–Crippen LogP) is 0.690. The van der Waals surface area contributed by atoms with Crippen LogP contribution < -0.4 is 5.32 Å². The van der Waals surface area contributed by atoms with E-state index in [1.165, 1.54) is 38.9 Å². The first-order valence-corrected chi connectivity index (χ1v) is 4.79. The van der Waals surface area contributed by atoms with Crippen molar-refractivity contribution >= 4 is 0 Å². The Bertz CT molecular complexity index is 136. The Kier molecular flexibility index (Phi) is 2.14. The van der Waals surface area contributed by atoms with Crippen LogP contribution in [0.4, 0.5) is 0 Å². The average molecular weight is 154 g/mol. The summed E-state index contributed by atoms with van der Waals surface area (Å²) in [6.07, 6.45) is 4.18. The Morgan fingerprint density at radius 2 is 2.18 bits per heavy atom. The second-order valence-electron chi connectivity index (χ2n) is 3.95. The molecule has 2 heteroatoms. The minimum atomic E-state index is 0.928. The lowest BCUT2D eigenvalue weighted by Gasteiger charge is -2.47. The van der Waals surface area contributed by atoms with Crippen LogP contribution in [-0.2, 0) is 0 Å². The van der Waals surface area contributed by atoms with Crippen molar-refractivity contribution < 1.29 is 0 Å². The molecule has 0 bridgehead atoms. The quantitative estimate of drug-likeness (QED) is 0.552. The molecule has 0 aromatic heterocycles. The molecule has 0 saturated carbocycles. The standard InChI is InChI=1S/C9H18N2/c1-11-7-8-4-6-10-5-2-3-9(8)11/h8-10H,2-7H2,1H3. The molecule has 11 heavy (non-hydrogen) atoms. The molecule has 2 nitrogen and oxygen atoms in total. The van der Waals surface area contributed by atoms with Crippen molar-refractivity contribution in [1.82, 2.24) is 10.2 Å². The number of likely N-dealkylation sites (tertiary alicyclic amines) is 1. The van der Waals surface area contributed by atoms with Crippen LogP contribution in [0.5, 0.6) is 0 Å². The minimum absolute atomic E-state index is 0.928. The summed E-state index contributed by atoms with van der Waals surface area (Å²) in [5.41, 5.74) is 0. The highest BCUT2D eigenvalue weighted by molar-refractivity contribution is 4.90. The summed E-state index contributed by atoms with van der Waals surface area (Å²) in [7, 11) is 2.26. The van der Waals surface area contributed by atoms with Gasteiger partial charge in [0, 0.05) is 12.6 Å². The molecule has 0 spiro atoms. The number of fused-ring (bicyclic) bond motifs is 1. The van der Waals surface area contributed by atoms with E-state index in [9.17, 15) is 0 Å². The third-order valence-corrected chi connectivity index (χ3v) is 3.18. The zero-order valence-electron chi connectivity index (χ0n) is 7.34. The van der Waals surface area contributed by atoms with Gasteiger partial charge in [-0.25, -0.2) is 0 Å². The van der Waals surface area contributed by atoms with Gasteiger partial charge < -0.3 is 10.2 Å². The maximum absolute atomic E-state index is 3.47. The van der Waals surface area contributed by atoms with Crippen LogP contribution >= 0.6 is 0 Å². The Morgan fingerprint density at radius 1 is 1.27 bits per heavy atom. The van der Waals surface area contributed by atoms with Gasteiger partial charge in [0.2, 0.25) is 0 Å². The molecule has 0 amide bonds. The number of nitrogens with zero attached hydrogens (tertiary/aromatic N) is 1. The van der Waals surface area contributed by atoms with E-state index in [0.29, 0.717) is 0 Å². The summed E-state index contributed by atoms with van der Waals surface area (Å²) in [6.45, 7) is 3.82. The van der Waals surface area contributed by atoms with E-state index in [1.54, 1.807) is 0 Å². The molecule has 0 aromatic carbocycles. The maximum atomic E-state index is 3.47. The van der Waals surface area contributed by atoms with Gasteiger partial charge in [0.1, 0.15) is 0 Å². The SMILES string of the molecule is CN1CC2CCNCCCC21. The van der Waals surface area contributed by atoms with Gasteiger partial charge in [-0.05, 0) is 45.3 Å². The molecule has 2 atom stereocenters. The largest absolute Gasteiger partial charge is 0.317 e. The van der Waals surface area contributed by atoms with Crippen LogP contribution in [0, 0.1) is 5.92 Å². The van der Waals surface area contributed by atoms with E-state index >= 15 is 0 Å². The Morgan fingerprint density at radius 3 is 3.00 bits per heavy atom. The third kappa shape index (κ3) is 1.42. The second-order valence-corrected chi connectivity index (χ2v) is 3.95. The first kappa shape index (κ1) is 7.56. The van der Waals surface area contributed by atoms with Gasteiger partial charge in [0.05, 0.1) is 0 Å². The van der Waals surface area contributed by atoms with Crippen molar-refractivity contribution in [1.29, 1.82) is 0 Å². The van der Waals surface area contributed by atoms with Gasteiger partial charge in [-0.3, -0.25) is 0 Å². The molecule has 2 unspecified atom stereocenters. The van der Waals surface area contributed by atoms with E-state index < -0.39 is 0 Å². The molecular weight excluding hydrogens is 136 g/mol. The van der Waals surface area contributed by atoms with Crippen molar-refractivity contribution in [3.05, 3.63) is 0 Å². The molecular formula is C9H18N2. The molecule has 2 rings (SSSR count). The Hall–Kier alpha value is -0.0800. The zero-order chi connectivity index (χ0) is 7.68. The van der Waals surface area contributed by atoms with Gasteiger partial charge in [-0.15, -0.1) is 0 Å². The molecule has 2 heterocycles. The molecule has 0 aliphatic carbocycles. The average Bonchev–Trinajstić information content (AvgIpc) is 1.96. The topological polar surface area (TPSA) is 15.3 Å². The first-order chi connectivity index (χ1) is 5.38. The highest BCUT2D eigenvalue weighted by Gasteiger charge is 2.35. The van der Waals surface area contributed by atoms with E-state index in [4.69, 9.17) is 0 Å².